The summed E-state index contributed by atoms with van der Waals surface area (Å²) in [6, 6.07) is 14.2. The predicted molar refractivity (Wildman–Crippen MR) is 92.7 cm³/mol. The Morgan fingerprint density at radius 2 is 1.74 bits per heavy atom. The topological polar surface area (TPSA) is 58.2 Å². The van der Waals surface area contributed by atoms with E-state index in [4.69, 9.17) is 11.6 Å². The van der Waals surface area contributed by atoms with Crippen LogP contribution in [0.1, 0.15) is 36.7 Å². The standard InChI is InChI=1S/C18H19ClN2O2/c1-12(22)20-16-9-4-6-13(10-16)17(23)21-18(2,3)14-7-5-8-15(19)11-14/h4-11H,1-3H3,(H,20,22)(H,21,23). The van der Waals surface area contributed by atoms with Gasteiger partial charge in [0.15, 0.2) is 0 Å². The van der Waals surface area contributed by atoms with Crippen molar-refractivity contribution in [3.8, 4) is 0 Å². The van der Waals surface area contributed by atoms with Crippen molar-refractivity contribution in [1.82, 2.24) is 5.32 Å². The van der Waals surface area contributed by atoms with Gasteiger partial charge in [-0.15, -0.1) is 0 Å². The fraction of sp³-hybridized carbons (Fsp3) is 0.222. The van der Waals surface area contributed by atoms with Crippen LogP contribution in [0.3, 0.4) is 0 Å². The first-order valence-electron chi connectivity index (χ1n) is 7.24. The number of halogens is 1. The van der Waals surface area contributed by atoms with Crippen LogP contribution >= 0.6 is 11.6 Å². The highest BCUT2D eigenvalue weighted by Gasteiger charge is 2.23. The van der Waals surface area contributed by atoms with E-state index < -0.39 is 5.54 Å². The monoisotopic (exact) mass is 330 g/mol. The lowest BCUT2D eigenvalue weighted by molar-refractivity contribution is -0.114. The Morgan fingerprint density at radius 3 is 2.39 bits per heavy atom. The van der Waals surface area contributed by atoms with Crippen LogP contribution < -0.4 is 10.6 Å². The van der Waals surface area contributed by atoms with Crippen molar-refractivity contribution in [3.05, 3.63) is 64.7 Å². The molecule has 0 fully saturated rings. The molecule has 0 saturated heterocycles. The van der Waals surface area contributed by atoms with Gasteiger partial charge in [0.1, 0.15) is 0 Å². The van der Waals surface area contributed by atoms with Crippen molar-refractivity contribution in [2.24, 2.45) is 0 Å². The predicted octanol–water partition coefficient (Wildman–Crippen LogP) is 3.96. The first-order valence-corrected chi connectivity index (χ1v) is 7.62. The molecule has 120 valence electrons. The molecular weight excluding hydrogens is 312 g/mol. The average molecular weight is 331 g/mol. The molecule has 0 unspecified atom stereocenters. The number of nitrogens with one attached hydrogen (secondary N) is 2. The summed E-state index contributed by atoms with van der Waals surface area (Å²) in [5.74, 6) is -0.399. The Bertz CT molecular complexity index is 741. The van der Waals surface area contributed by atoms with Crippen LogP contribution in [-0.2, 0) is 10.3 Å². The van der Waals surface area contributed by atoms with Crippen LogP contribution in [-0.4, -0.2) is 11.8 Å². The molecule has 2 N–H and O–H groups in total. The van der Waals surface area contributed by atoms with E-state index in [-0.39, 0.29) is 11.8 Å². The van der Waals surface area contributed by atoms with E-state index in [1.807, 2.05) is 32.0 Å². The highest BCUT2D eigenvalue weighted by Crippen LogP contribution is 2.23. The largest absolute Gasteiger partial charge is 0.343 e. The van der Waals surface area contributed by atoms with E-state index in [1.54, 1.807) is 30.3 Å². The quantitative estimate of drug-likeness (QED) is 0.891. The second-order valence-electron chi connectivity index (χ2n) is 5.85. The van der Waals surface area contributed by atoms with Gasteiger partial charge in [0.2, 0.25) is 5.91 Å². The Hall–Kier alpha value is -2.33. The van der Waals surface area contributed by atoms with Gasteiger partial charge in [-0.05, 0) is 49.7 Å². The molecule has 0 heterocycles. The summed E-state index contributed by atoms with van der Waals surface area (Å²) in [6.45, 7) is 5.25. The van der Waals surface area contributed by atoms with E-state index in [2.05, 4.69) is 10.6 Å². The lowest BCUT2D eigenvalue weighted by Crippen LogP contribution is -2.41. The lowest BCUT2D eigenvalue weighted by Gasteiger charge is -2.27. The van der Waals surface area contributed by atoms with E-state index in [1.165, 1.54) is 6.92 Å². The van der Waals surface area contributed by atoms with E-state index in [0.29, 0.717) is 16.3 Å². The minimum Gasteiger partial charge on any atom is -0.343 e. The molecule has 5 heteroatoms. The van der Waals surface area contributed by atoms with Crippen LogP contribution in [0.15, 0.2) is 48.5 Å². The van der Waals surface area contributed by atoms with E-state index in [0.717, 1.165) is 5.56 Å². The van der Waals surface area contributed by atoms with Gasteiger partial charge in [-0.1, -0.05) is 29.8 Å². The highest BCUT2D eigenvalue weighted by atomic mass is 35.5. The second-order valence-corrected chi connectivity index (χ2v) is 6.29. The highest BCUT2D eigenvalue weighted by molar-refractivity contribution is 6.30. The van der Waals surface area contributed by atoms with Gasteiger partial charge in [-0.3, -0.25) is 9.59 Å². The molecule has 0 aliphatic heterocycles. The normalized spacial score (nSPS) is 11.0. The minimum absolute atomic E-state index is 0.179. The van der Waals surface area contributed by atoms with Gasteiger partial charge in [0, 0.05) is 23.2 Å². The van der Waals surface area contributed by atoms with Gasteiger partial charge in [-0.25, -0.2) is 0 Å². The summed E-state index contributed by atoms with van der Waals surface area (Å²) < 4.78 is 0. The van der Waals surface area contributed by atoms with Gasteiger partial charge in [-0.2, -0.15) is 0 Å². The number of benzene rings is 2. The second kappa shape index (κ2) is 6.84. The van der Waals surface area contributed by atoms with E-state index >= 15 is 0 Å². The zero-order valence-electron chi connectivity index (χ0n) is 13.3. The van der Waals surface area contributed by atoms with Crippen molar-refractivity contribution >= 4 is 29.1 Å². The first-order chi connectivity index (χ1) is 10.8. The third-order valence-corrected chi connectivity index (χ3v) is 3.65. The molecule has 23 heavy (non-hydrogen) atoms. The number of amides is 2. The molecule has 0 bridgehead atoms. The number of anilines is 1. The van der Waals surface area contributed by atoms with Crippen molar-refractivity contribution in [3.63, 3.8) is 0 Å². The lowest BCUT2D eigenvalue weighted by atomic mass is 9.94. The Labute approximate surface area is 140 Å². The maximum absolute atomic E-state index is 12.5. The molecular formula is C18H19ClN2O2. The smallest absolute Gasteiger partial charge is 0.252 e. The molecule has 0 saturated carbocycles. The van der Waals surface area contributed by atoms with Crippen molar-refractivity contribution < 1.29 is 9.59 Å². The van der Waals surface area contributed by atoms with Crippen molar-refractivity contribution in [2.75, 3.05) is 5.32 Å². The third kappa shape index (κ3) is 4.57. The summed E-state index contributed by atoms with van der Waals surface area (Å²) in [6.07, 6.45) is 0. The fourth-order valence-corrected chi connectivity index (χ4v) is 2.44. The molecule has 0 spiro atoms. The van der Waals surface area contributed by atoms with Crippen molar-refractivity contribution in [1.29, 1.82) is 0 Å². The molecule has 4 nitrogen and oxygen atoms in total. The number of rotatable bonds is 4. The van der Waals surface area contributed by atoms with Crippen LogP contribution in [0.2, 0.25) is 5.02 Å². The molecule has 0 atom stereocenters. The average Bonchev–Trinajstić information content (AvgIpc) is 2.46. The zero-order chi connectivity index (χ0) is 17.0. The van der Waals surface area contributed by atoms with Crippen LogP contribution in [0.25, 0.3) is 0 Å². The summed E-state index contributed by atoms with van der Waals surface area (Å²) in [4.78, 5) is 23.6. The number of hydrogen-bond acceptors (Lipinski definition) is 2. The van der Waals surface area contributed by atoms with Crippen LogP contribution in [0.4, 0.5) is 5.69 Å². The summed E-state index contributed by atoms with van der Waals surface area (Å²) >= 11 is 6.02. The zero-order valence-corrected chi connectivity index (χ0v) is 14.1. The van der Waals surface area contributed by atoms with Gasteiger partial charge >= 0.3 is 0 Å². The third-order valence-electron chi connectivity index (χ3n) is 3.42. The fourth-order valence-electron chi connectivity index (χ4n) is 2.25. The Morgan fingerprint density at radius 1 is 1.04 bits per heavy atom. The molecule has 2 rings (SSSR count). The Balaban J connectivity index is 2.19. The van der Waals surface area contributed by atoms with Gasteiger partial charge < -0.3 is 10.6 Å². The number of carbonyl (C=O) groups is 2. The first kappa shape index (κ1) is 17.0. The number of hydrogen-bond donors (Lipinski definition) is 2. The summed E-state index contributed by atoms with van der Waals surface area (Å²) in [5, 5.41) is 6.27. The van der Waals surface area contributed by atoms with E-state index in [9.17, 15) is 9.59 Å². The van der Waals surface area contributed by atoms with Crippen LogP contribution in [0.5, 0.6) is 0 Å². The SMILES string of the molecule is CC(=O)Nc1cccc(C(=O)NC(C)(C)c2cccc(Cl)c2)c1. The molecule has 2 amide bonds. The maximum atomic E-state index is 12.5. The van der Waals surface area contributed by atoms with Gasteiger partial charge in [0.25, 0.3) is 5.91 Å². The Kier molecular flexibility index (Phi) is 5.06. The molecule has 0 aliphatic rings. The molecule has 2 aromatic rings. The number of carbonyl (C=O) groups excluding carboxylic acids is 2. The molecule has 0 radical (unpaired) electrons. The van der Waals surface area contributed by atoms with Crippen molar-refractivity contribution in [2.45, 2.75) is 26.3 Å². The molecule has 2 aromatic carbocycles. The summed E-state index contributed by atoms with van der Waals surface area (Å²) in [7, 11) is 0. The van der Waals surface area contributed by atoms with Gasteiger partial charge in [0.05, 0.1) is 5.54 Å². The maximum Gasteiger partial charge on any atom is 0.252 e. The summed E-state index contributed by atoms with van der Waals surface area (Å²) in [5.41, 5.74) is 1.40. The van der Waals surface area contributed by atoms with Crippen LogP contribution in [0, 0.1) is 0 Å². The molecule has 0 aliphatic carbocycles. The molecule has 0 aromatic heterocycles. The minimum atomic E-state index is -0.577.